The first-order valence-electron chi connectivity index (χ1n) is 13.9. The van der Waals surface area contributed by atoms with Crippen molar-refractivity contribution in [1.29, 1.82) is 0 Å². The summed E-state index contributed by atoms with van der Waals surface area (Å²) in [5, 5.41) is 17.0. The molecule has 1 amide bonds. The summed E-state index contributed by atoms with van der Waals surface area (Å²) in [6, 6.07) is 19.3. The van der Waals surface area contributed by atoms with Crippen LogP contribution < -0.4 is 15.4 Å². The van der Waals surface area contributed by atoms with Crippen molar-refractivity contribution >= 4 is 69.7 Å². The zero-order chi connectivity index (χ0) is 29.3. The molecule has 0 saturated carbocycles. The van der Waals surface area contributed by atoms with E-state index in [2.05, 4.69) is 20.8 Å². The first-order chi connectivity index (χ1) is 20.5. The van der Waals surface area contributed by atoms with Crippen molar-refractivity contribution in [2.75, 3.05) is 51.2 Å². The number of hydrogen-bond donors (Lipinski definition) is 3. The summed E-state index contributed by atoms with van der Waals surface area (Å²) in [6.07, 6.45) is 3.03. The minimum absolute atomic E-state index is 0. The van der Waals surface area contributed by atoms with Gasteiger partial charge in [-0.05, 0) is 55.0 Å². The van der Waals surface area contributed by atoms with Crippen LogP contribution in [-0.2, 0) is 14.4 Å². The van der Waals surface area contributed by atoms with Crippen molar-refractivity contribution in [3.63, 3.8) is 0 Å². The molecular formula is C31H37Cl2N7O4. The van der Waals surface area contributed by atoms with Crippen LogP contribution in [0.5, 0.6) is 5.75 Å². The number of nitrogens with zero attached hydrogens (tertiary/aromatic N) is 4. The summed E-state index contributed by atoms with van der Waals surface area (Å²) in [5.74, 6) is 1.83. The van der Waals surface area contributed by atoms with E-state index in [1.807, 2.05) is 74.6 Å². The zero-order valence-electron chi connectivity index (χ0n) is 24.8. The van der Waals surface area contributed by atoms with Gasteiger partial charge in [-0.25, -0.2) is 9.97 Å². The van der Waals surface area contributed by atoms with Gasteiger partial charge in [0.05, 0.1) is 37.0 Å². The van der Waals surface area contributed by atoms with Gasteiger partial charge in [-0.2, -0.15) is 10.2 Å². The molecule has 0 spiro atoms. The van der Waals surface area contributed by atoms with Crippen molar-refractivity contribution in [3.8, 4) is 17.1 Å². The molecule has 13 heteroatoms. The van der Waals surface area contributed by atoms with E-state index >= 15 is 0 Å². The Bertz CT molecular complexity index is 1670. The van der Waals surface area contributed by atoms with Gasteiger partial charge in [-0.1, -0.05) is 19.1 Å². The molecule has 234 valence electrons. The molecule has 0 bridgehead atoms. The second kappa shape index (κ2) is 16.7. The monoisotopic (exact) mass is 641 g/mol. The van der Waals surface area contributed by atoms with Crippen LogP contribution in [0.15, 0.2) is 66.9 Å². The maximum absolute atomic E-state index is 12.2. The standard InChI is InChI=1S/C31H35N7O4.2ClH/c1-4-6-29(39)33-23-8-5-7-21(17-23)30-35-28-12-10-25(41-14-13-38(2)42-16-15-40-3)19-26(28)31(36-30)34-24-9-11-27-22(18-24)20-32-37-27;;/h5,7-12,17-20H,4,6,13-16H2,1-3H3,(H,32,37)(H,33,39)(H,34,35,36);2*1H. The van der Waals surface area contributed by atoms with E-state index in [9.17, 15) is 4.79 Å². The first-order valence-corrected chi connectivity index (χ1v) is 13.9. The SMILES string of the molecule is CCCC(=O)Nc1cccc(-c2nc(Nc3ccc4[nH]ncc4c3)c3cc(OCCN(C)OCCOC)ccc3n2)c1.Cl.Cl. The second-order valence-electron chi connectivity index (χ2n) is 9.78. The number of halogens is 2. The van der Waals surface area contributed by atoms with E-state index in [0.717, 1.165) is 39.5 Å². The Morgan fingerprint density at radius 2 is 1.84 bits per heavy atom. The number of nitrogens with one attached hydrogen (secondary N) is 3. The predicted octanol–water partition coefficient (Wildman–Crippen LogP) is 6.39. The number of carbonyl (C=O) groups excluding carboxylic acids is 1. The summed E-state index contributed by atoms with van der Waals surface area (Å²) in [5.41, 5.74) is 4.05. The molecule has 11 nitrogen and oxygen atoms in total. The maximum Gasteiger partial charge on any atom is 0.224 e. The fourth-order valence-corrected chi connectivity index (χ4v) is 4.40. The molecular weight excluding hydrogens is 605 g/mol. The Morgan fingerprint density at radius 3 is 2.66 bits per heavy atom. The van der Waals surface area contributed by atoms with Gasteiger partial charge in [0.1, 0.15) is 18.2 Å². The molecule has 3 aromatic carbocycles. The molecule has 44 heavy (non-hydrogen) atoms. The molecule has 2 heterocycles. The van der Waals surface area contributed by atoms with Crippen LogP contribution in [0.3, 0.4) is 0 Å². The van der Waals surface area contributed by atoms with Crippen molar-refractivity contribution in [1.82, 2.24) is 25.2 Å². The number of ether oxygens (including phenoxy) is 2. The number of carbonyl (C=O) groups is 1. The molecule has 0 aliphatic carbocycles. The third-order valence-electron chi connectivity index (χ3n) is 6.53. The van der Waals surface area contributed by atoms with Gasteiger partial charge in [0.2, 0.25) is 5.91 Å². The number of hydrogen-bond acceptors (Lipinski definition) is 9. The Hall–Kier alpha value is -4.00. The largest absolute Gasteiger partial charge is 0.492 e. The summed E-state index contributed by atoms with van der Waals surface area (Å²) in [7, 11) is 3.50. The molecule has 0 unspecified atom stereocenters. The number of rotatable bonds is 14. The van der Waals surface area contributed by atoms with Gasteiger partial charge in [-0.15, -0.1) is 24.8 Å². The fourth-order valence-electron chi connectivity index (χ4n) is 4.40. The van der Waals surface area contributed by atoms with Gasteiger partial charge >= 0.3 is 0 Å². The van der Waals surface area contributed by atoms with Crippen molar-refractivity contribution in [2.45, 2.75) is 19.8 Å². The second-order valence-corrected chi connectivity index (χ2v) is 9.78. The lowest BCUT2D eigenvalue weighted by Crippen LogP contribution is -2.26. The van der Waals surface area contributed by atoms with Gasteiger partial charge in [-0.3, -0.25) is 14.7 Å². The van der Waals surface area contributed by atoms with E-state index < -0.39 is 0 Å². The number of aromatic nitrogens is 4. The van der Waals surface area contributed by atoms with Gasteiger partial charge in [0, 0.05) is 48.3 Å². The minimum Gasteiger partial charge on any atom is -0.492 e. The number of fused-ring (bicyclic) bond motifs is 2. The Morgan fingerprint density at radius 1 is 0.977 bits per heavy atom. The number of methoxy groups -OCH3 is 1. The Balaban J connectivity index is 0.00000264. The normalized spacial score (nSPS) is 10.8. The third kappa shape index (κ3) is 9.01. The summed E-state index contributed by atoms with van der Waals surface area (Å²) in [4.78, 5) is 27.5. The quantitative estimate of drug-likeness (QED) is 0.0934. The van der Waals surface area contributed by atoms with Crippen LogP contribution in [0.2, 0.25) is 0 Å². The lowest BCUT2D eigenvalue weighted by Gasteiger charge is -2.17. The molecule has 0 aliphatic heterocycles. The fraction of sp³-hybridized carbons (Fsp3) is 0.290. The number of likely N-dealkylation sites (N-methyl/N-ethyl adjacent to an activating group) is 1. The third-order valence-corrected chi connectivity index (χ3v) is 6.53. The number of amides is 1. The van der Waals surface area contributed by atoms with E-state index in [4.69, 9.17) is 24.3 Å². The molecule has 5 rings (SSSR count). The number of hydroxylamine groups is 2. The molecule has 0 radical (unpaired) electrons. The number of benzene rings is 3. The highest BCUT2D eigenvalue weighted by molar-refractivity contribution is 5.95. The summed E-state index contributed by atoms with van der Waals surface area (Å²) < 4.78 is 11.1. The Labute approximate surface area is 268 Å². The summed E-state index contributed by atoms with van der Waals surface area (Å²) in [6.45, 7) is 4.00. The highest BCUT2D eigenvalue weighted by atomic mass is 35.5. The van der Waals surface area contributed by atoms with E-state index in [1.54, 1.807) is 18.4 Å². The molecule has 0 aliphatic rings. The number of anilines is 3. The maximum atomic E-state index is 12.2. The first kappa shape index (κ1) is 34.5. The van der Waals surface area contributed by atoms with Crippen LogP contribution in [0, 0.1) is 0 Å². The lowest BCUT2D eigenvalue weighted by atomic mass is 10.1. The summed E-state index contributed by atoms with van der Waals surface area (Å²) >= 11 is 0. The van der Waals surface area contributed by atoms with Crippen LogP contribution in [0.4, 0.5) is 17.2 Å². The van der Waals surface area contributed by atoms with E-state index in [1.165, 1.54) is 0 Å². The van der Waals surface area contributed by atoms with Gasteiger partial charge in [0.15, 0.2) is 5.82 Å². The highest BCUT2D eigenvalue weighted by Crippen LogP contribution is 2.31. The number of aromatic amines is 1. The van der Waals surface area contributed by atoms with Crippen LogP contribution in [0.25, 0.3) is 33.2 Å². The van der Waals surface area contributed by atoms with Crippen LogP contribution in [0.1, 0.15) is 19.8 Å². The molecule has 2 aromatic heterocycles. The van der Waals surface area contributed by atoms with Crippen molar-refractivity contribution in [2.24, 2.45) is 0 Å². The minimum atomic E-state index is -0.0219. The van der Waals surface area contributed by atoms with Crippen molar-refractivity contribution < 1.29 is 19.1 Å². The average molecular weight is 643 g/mol. The zero-order valence-corrected chi connectivity index (χ0v) is 26.5. The highest BCUT2D eigenvalue weighted by Gasteiger charge is 2.13. The molecule has 0 atom stereocenters. The molecule has 0 saturated heterocycles. The molecule has 3 N–H and O–H groups in total. The van der Waals surface area contributed by atoms with E-state index in [0.29, 0.717) is 55.9 Å². The van der Waals surface area contributed by atoms with Gasteiger partial charge in [0.25, 0.3) is 0 Å². The lowest BCUT2D eigenvalue weighted by molar-refractivity contribution is -0.152. The molecule has 5 aromatic rings. The topological polar surface area (TPSA) is 127 Å². The average Bonchev–Trinajstić information content (AvgIpc) is 3.46. The van der Waals surface area contributed by atoms with Gasteiger partial charge < -0.3 is 20.1 Å². The van der Waals surface area contributed by atoms with Crippen molar-refractivity contribution in [3.05, 3.63) is 66.9 Å². The smallest absolute Gasteiger partial charge is 0.224 e. The number of H-pyrrole nitrogens is 1. The van der Waals surface area contributed by atoms with Crippen LogP contribution >= 0.6 is 24.8 Å². The molecule has 0 fully saturated rings. The van der Waals surface area contributed by atoms with E-state index in [-0.39, 0.29) is 30.7 Å². The van der Waals surface area contributed by atoms with Crippen LogP contribution in [-0.4, -0.2) is 71.7 Å². The Kier molecular flexibility index (Phi) is 13.1. The predicted molar refractivity (Wildman–Crippen MR) is 178 cm³/mol.